The Bertz CT molecular complexity index is 873. The smallest absolute Gasteiger partial charge is 0.313 e. The Balaban J connectivity index is 1.66. The van der Waals surface area contributed by atoms with Crippen LogP contribution in [0.4, 0.5) is 5.69 Å². The second-order valence-electron chi connectivity index (χ2n) is 5.93. The molecule has 3 rings (SSSR count). The SMILES string of the molecule is COc1ccc(C)cc1NC(=O)C(=O)NCC(c1ccsc1)n1cccn1. The van der Waals surface area contributed by atoms with Crippen LogP contribution in [0.5, 0.6) is 5.75 Å². The predicted octanol–water partition coefficient (Wildman–Crippen LogP) is 2.61. The minimum Gasteiger partial charge on any atom is -0.495 e. The van der Waals surface area contributed by atoms with Crippen molar-refractivity contribution in [1.29, 1.82) is 0 Å². The van der Waals surface area contributed by atoms with Crippen LogP contribution in [-0.2, 0) is 9.59 Å². The number of thiophene rings is 1. The highest BCUT2D eigenvalue weighted by Gasteiger charge is 2.20. The number of nitrogens with zero attached hydrogens (tertiary/aromatic N) is 2. The molecule has 0 bridgehead atoms. The van der Waals surface area contributed by atoms with Crippen LogP contribution in [0.15, 0.2) is 53.5 Å². The number of aryl methyl sites for hydroxylation is 1. The van der Waals surface area contributed by atoms with Crippen LogP contribution in [0, 0.1) is 6.92 Å². The number of nitrogens with one attached hydrogen (secondary N) is 2. The highest BCUT2D eigenvalue weighted by molar-refractivity contribution is 7.08. The number of ether oxygens (including phenoxy) is 1. The number of carbonyl (C=O) groups is 2. The second kappa shape index (κ2) is 8.50. The Morgan fingerprint density at radius 3 is 2.81 bits per heavy atom. The molecule has 1 unspecified atom stereocenters. The molecule has 0 fully saturated rings. The van der Waals surface area contributed by atoms with Crippen LogP contribution >= 0.6 is 11.3 Å². The Hall–Kier alpha value is -3.13. The van der Waals surface area contributed by atoms with Crippen molar-refractivity contribution in [2.45, 2.75) is 13.0 Å². The van der Waals surface area contributed by atoms with Crippen LogP contribution < -0.4 is 15.4 Å². The summed E-state index contributed by atoms with van der Waals surface area (Å²) in [5, 5.41) is 13.5. The van der Waals surface area contributed by atoms with Crippen LogP contribution in [-0.4, -0.2) is 35.2 Å². The summed E-state index contributed by atoms with van der Waals surface area (Å²) in [6, 6.07) is 8.97. The largest absolute Gasteiger partial charge is 0.495 e. The first kappa shape index (κ1) is 18.7. The minimum absolute atomic E-state index is 0.184. The Labute approximate surface area is 161 Å². The van der Waals surface area contributed by atoms with E-state index in [9.17, 15) is 9.59 Å². The third-order valence-corrected chi connectivity index (χ3v) is 4.74. The third-order valence-electron chi connectivity index (χ3n) is 4.04. The van der Waals surface area contributed by atoms with Crippen molar-refractivity contribution in [2.24, 2.45) is 0 Å². The second-order valence-corrected chi connectivity index (χ2v) is 6.71. The molecule has 140 valence electrons. The molecule has 0 saturated carbocycles. The molecule has 2 N–H and O–H groups in total. The van der Waals surface area contributed by atoms with Gasteiger partial charge in [-0.05, 0) is 53.1 Å². The van der Waals surface area contributed by atoms with Crippen molar-refractivity contribution in [2.75, 3.05) is 19.0 Å². The molecule has 8 heteroatoms. The van der Waals surface area contributed by atoms with Gasteiger partial charge in [0.2, 0.25) is 0 Å². The molecule has 0 saturated heterocycles. The number of anilines is 1. The summed E-state index contributed by atoms with van der Waals surface area (Å²) in [7, 11) is 1.51. The fraction of sp³-hybridized carbons (Fsp3) is 0.211. The first-order valence-corrected chi connectivity index (χ1v) is 9.28. The zero-order chi connectivity index (χ0) is 19.2. The molecule has 1 aromatic carbocycles. The Morgan fingerprint density at radius 2 is 2.15 bits per heavy atom. The monoisotopic (exact) mass is 384 g/mol. The lowest BCUT2D eigenvalue weighted by molar-refractivity contribution is -0.136. The third kappa shape index (κ3) is 4.53. The van der Waals surface area contributed by atoms with E-state index in [4.69, 9.17) is 4.74 Å². The molecule has 2 amide bonds. The first-order chi connectivity index (χ1) is 13.1. The molecule has 2 aromatic heterocycles. The number of rotatable bonds is 6. The van der Waals surface area contributed by atoms with E-state index in [-0.39, 0.29) is 12.6 Å². The summed E-state index contributed by atoms with van der Waals surface area (Å²) in [5.74, 6) is -0.969. The zero-order valence-corrected chi connectivity index (χ0v) is 15.8. The molecule has 0 aliphatic carbocycles. The molecular formula is C19H20N4O3S. The standard InChI is InChI=1S/C19H20N4O3S/c1-13-4-5-17(26-2)15(10-13)22-19(25)18(24)20-11-16(14-6-9-27-12-14)23-8-3-7-21-23/h3-10,12,16H,11H2,1-2H3,(H,20,24)(H,22,25). The van der Waals surface area contributed by atoms with Crippen LogP contribution in [0.2, 0.25) is 0 Å². The van der Waals surface area contributed by atoms with Crippen molar-refractivity contribution < 1.29 is 14.3 Å². The fourth-order valence-electron chi connectivity index (χ4n) is 2.66. The van der Waals surface area contributed by atoms with Gasteiger partial charge in [-0.1, -0.05) is 6.07 Å². The summed E-state index contributed by atoms with van der Waals surface area (Å²) < 4.78 is 6.97. The highest BCUT2D eigenvalue weighted by Crippen LogP contribution is 2.25. The topological polar surface area (TPSA) is 85.2 Å². The van der Waals surface area contributed by atoms with Crippen molar-refractivity contribution in [3.05, 3.63) is 64.6 Å². The van der Waals surface area contributed by atoms with Gasteiger partial charge in [-0.25, -0.2) is 0 Å². The van der Waals surface area contributed by atoms with Crippen molar-refractivity contribution in [3.8, 4) is 5.75 Å². The summed E-state index contributed by atoms with van der Waals surface area (Å²) in [4.78, 5) is 24.6. The quantitative estimate of drug-likeness (QED) is 0.640. The number of amides is 2. The molecule has 2 heterocycles. The van der Waals surface area contributed by atoms with Gasteiger partial charge in [0.1, 0.15) is 5.75 Å². The van der Waals surface area contributed by atoms with E-state index in [0.29, 0.717) is 11.4 Å². The van der Waals surface area contributed by atoms with Gasteiger partial charge in [0, 0.05) is 18.9 Å². The van der Waals surface area contributed by atoms with E-state index in [1.165, 1.54) is 7.11 Å². The molecule has 3 aromatic rings. The summed E-state index contributed by atoms with van der Waals surface area (Å²) >= 11 is 1.57. The zero-order valence-electron chi connectivity index (χ0n) is 15.0. The van der Waals surface area contributed by atoms with Gasteiger partial charge >= 0.3 is 11.8 Å². The number of aromatic nitrogens is 2. The molecule has 7 nitrogen and oxygen atoms in total. The van der Waals surface area contributed by atoms with Gasteiger partial charge in [0.05, 0.1) is 18.8 Å². The first-order valence-electron chi connectivity index (χ1n) is 8.33. The van der Waals surface area contributed by atoms with E-state index >= 15 is 0 Å². The van der Waals surface area contributed by atoms with Gasteiger partial charge in [0.25, 0.3) is 0 Å². The van der Waals surface area contributed by atoms with Crippen molar-refractivity contribution in [3.63, 3.8) is 0 Å². The number of methoxy groups -OCH3 is 1. The van der Waals surface area contributed by atoms with E-state index in [2.05, 4.69) is 15.7 Å². The molecule has 0 spiro atoms. The molecule has 27 heavy (non-hydrogen) atoms. The summed E-state index contributed by atoms with van der Waals surface area (Å²) in [6.45, 7) is 2.14. The average Bonchev–Trinajstić information content (AvgIpc) is 3.36. The number of benzene rings is 1. The van der Waals surface area contributed by atoms with Crippen molar-refractivity contribution in [1.82, 2.24) is 15.1 Å². The molecular weight excluding hydrogens is 364 g/mol. The maximum Gasteiger partial charge on any atom is 0.313 e. The average molecular weight is 384 g/mol. The summed E-state index contributed by atoms with van der Waals surface area (Å²) in [5.41, 5.74) is 2.42. The number of hydrogen-bond donors (Lipinski definition) is 2. The Kier molecular flexibility index (Phi) is 5.87. The number of carbonyl (C=O) groups excluding carboxylic acids is 2. The maximum absolute atomic E-state index is 12.3. The minimum atomic E-state index is -0.747. The van der Waals surface area contributed by atoms with E-state index in [0.717, 1.165) is 11.1 Å². The van der Waals surface area contributed by atoms with Crippen LogP contribution in [0.1, 0.15) is 17.2 Å². The molecule has 1 atom stereocenters. The van der Waals surface area contributed by atoms with Crippen molar-refractivity contribution >= 4 is 28.8 Å². The fourth-order valence-corrected chi connectivity index (χ4v) is 3.37. The lowest BCUT2D eigenvalue weighted by atomic mass is 10.1. The van der Waals surface area contributed by atoms with Gasteiger partial charge < -0.3 is 15.4 Å². The van der Waals surface area contributed by atoms with Crippen LogP contribution in [0.25, 0.3) is 0 Å². The molecule has 0 aliphatic heterocycles. The lowest BCUT2D eigenvalue weighted by Gasteiger charge is -2.17. The summed E-state index contributed by atoms with van der Waals surface area (Å²) in [6.07, 6.45) is 3.50. The lowest BCUT2D eigenvalue weighted by Crippen LogP contribution is -2.39. The van der Waals surface area contributed by atoms with Crippen LogP contribution in [0.3, 0.4) is 0 Å². The maximum atomic E-state index is 12.3. The van der Waals surface area contributed by atoms with E-state index in [1.54, 1.807) is 34.3 Å². The molecule has 0 radical (unpaired) electrons. The highest BCUT2D eigenvalue weighted by atomic mass is 32.1. The molecule has 0 aliphatic rings. The van der Waals surface area contributed by atoms with E-state index in [1.807, 2.05) is 42.1 Å². The predicted molar refractivity (Wildman–Crippen MR) is 104 cm³/mol. The normalized spacial score (nSPS) is 11.6. The van der Waals surface area contributed by atoms with Gasteiger partial charge in [-0.15, -0.1) is 0 Å². The van der Waals surface area contributed by atoms with Gasteiger partial charge in [-0.2, -0.15) is 16.4 Å². The van der Waals surface area contributed by atoms with Gasteiger partial charge in [0.15, 0.2) is 0 Å². The number of hydrogen-bond acceptors (Lipinski definition) is 5. The van der Waals surface area contributed by atoms with Gasteiger partial charge in [-0.3, -0.25) is 14.3 Å². The van der Waals surface area contributed by atoms with E-state index < -0.39 is 11.8 Å². The Morgan fingerprint density at radius 1 is 1.30 bits per heavy atom.